The first-order valence-corrected chi connectivity index (χ1v) is 19.1. The Labute approximate surface area is 270 Å². The molecule has 2 aromatic carbocycles. The molecule has 246 valence electrons. The molecule has 3 aromatic rings. The average molecular weight is 649 g/mol. The van der Waals surface area contributed by atoms with E-state index >= 15 is 0 Å². The van der Waals surface area contributed by atoms with Crippen molar-refractivity contribution in [3.63, 3.8) is 0 Å². The van der Waals surface area contributed by atoms with Gasteiger partial charge in [0.1, 0.15) is 5.75 Å². The number of benzene rings is 2. The van der Waals surface area contributed by atoms with Gasteiger partial charge in [0.05, 0.1) is 37.2 Å². The van der Waals surface area contributed by atoms with E-state index in [0.717, 1.165) is 36.2 Å². The molecule has 4 heterocycles. The number of aliphatic hydroxyl groups is 1. The van der Waals surface area contributed by atoms with Crippen LogP contribution in [0.5, 0.6) is 5.75 Å². The van der Waals surface area contributed by atoms with E-state index in [1.807, 2.05) is 68.7 Å². The van der Waals surface area contributed by atoms with Gasteiger partial charge in [-0.1, -0.05) is 24.3 Å². The Kier molecular flexibility index (Phi) is 9.05. The third kappa shape index (κ3) is 5.97. The SMILES string of the molecule is COc1ccc2c(c1)[C@]1(O[C@@H](CCn3cc(CCO)nn3)[C@H]([Si](C)(C)O)[C@H]1C)C(=O)N2Cc1cccc(NC(=O)[C@H]2CCCN2)c1. The maximum absolute atomic E-state index is 14.8. The van der Waals surface area contributed by atoms with Crippen molar-refractivity contribution in [3.8, 4) is 5.75 Å². The molecule has 46 heavy (non-hydrogen) atoms. The summed E-state index contributed by atoms with van der Waals surface area (Å²) in [6.45, 7) is 7.43. The second-order valence-electron chi connectivity index (χ2n) is 13.2. The first kappa shape index (κ1) is 32.3. The molecular formula is C33H44N6O6Si. The second kappa shape index (κ2) is 12.9. The minimum atomic E-state index is -2.84. The van der Waals surface area contributed by atoms with Crippen LogP contribution in [0, 0.1) is 5.92 Å². The molecule has 5 atom stereocenters. The summed E-state index contributed by atoms with van der Waals surface area (Å²) in [4.78, 5) is 40.9. The van der Waals surface area contributed by atoms with E-state index in [4.69, 9.17) is 9.47 Å². The summed E-state index contributed by atoms with van der Waals surface area (Å²) in [5.41, 5.74) is 2.18. The van der Waals surface area contributed by atoms with Crippen LogP contribution in [0.25, 0.3) is 0 Å². The molecule has 1 spiro atoms. The van der Waals surface area contributed by atoms with Gasteiger partial charge in [-0.3, -0.25) is 14.3 Å². The minimum Gasteiger partial charge on any atom is -0.497 e. The topological polar surface area (TPSA) is 151 Å². The van der Waals surface area contributed by atoms with E-state index in [2.05, 4.69) is 20.9 Å². The summed E-state index contributed by atoms with van der Waals surface area (Å²) in [6.07, 6.45) is 4.15. The fourth-order valence-electron chi connectivity index (χ4n) is 7.61. The molecule has 12 nitrogen and oxygen atoms in total. The van der Waals surface area contributed by atoms with Gasteiger partial charge in [-0.15, -0.1) is 5.10 Å². The van der Waals surface area contributed by atoms with Crippen LogP contribution in [-0.4, -0.2) is 77.4 Å². The van der Waals surface area contributed by atoms with Crippen LogP contribution in [0.15, 0.2) is 48.7 Å². The van der Waals surface area contributed by atoms with Crippen molar-refractivity contribution >= 4 is 31.5 Å². The van der Waals surface area contributed by atoms with E-state index in [0.29, 0.717) is 36.5 Å². The number of ether oxygens (including phenoxy) is 2. The van der Waals surface area contributed by atoms with Gasteiger partial charge in [0.2, 0.25) is 5.91 Å². The van der Waals surface area contributed by atoms with Gasteiger partial charge in [0.25, 0.3) is 5.91 Å². The zero-order valence-corrected chi connectivity index (χ0v) is 27.9. The highest BCUT2D eigenvalue weighted by Crippen LogP contribution is 2.60. The minimum absolute atomic E-state index is 0.00476. The molecule has 6 rings (SSSR count). The van der Waals surface area contributed by atoms with Crippen LogP contribution < -0.4 is 20.3 Å². The van der Waals surface area contributed by atoms with Crippen LogP contribution in [0.1, 0.15) is 43.0 Å². The van der Waals surface area contributed by atoms with Crippen molar-refractivity contribution in [3.05, 3.63) is 65.5 Å². The Morgan fingerprint density at radius 3 is 2.80 bits per heavy atom. The van der Waals surface area contributed by atoms with E-state index in [-0.39, 0.29) is 42.5 Å². The number of anilines is 2. The van der Waals surface area contributed by atoms with Gasteiger partial charge in [0.15, 0.2) is 13.9 Å². The van der Waals surface area contributed by atoms with Crippen molar-refractivity contribution in [1.29, 1.82) is 0 Å². The molecule has 0 aliphatic carbocycles. The number of carbonyl (C=O) groups is 2. The van der Waals surface area contributed by atoms with Gasteiger partial charge in [-0.25, -0.2) is 0 Å². The molecule has 1 aromatic heterocycles. The lowest BCUT2D eigenvalue weighted by Crippen LogP contribution is -2.46. The third-order valence-corrected chi connectivity index (χ3v) is 12.2. The van der Waals surface area contributed by atoms with Gasteiger partial charge in [-0.2, -0.15) is 0 Å². The van der Waals surface area contributed by atoms with Crippen molar-refractivity contribution in [2.45, 2.75) is 82.1 Å². The number of nitrogens with one attached hydrogen (secondary N) is 2. The number of aliphatic hydroxyl groups excluding tert-OH is 1. The summed E-state index contributed by atoms with van der Waals surface area (Å²) in [6, 6.07) is 13.0. The number of aryl methyl sites for hydroxylation is 1. The van der Waals surface area contributed by atoms with Crippen LogP contribution >= 0.6 is 0 Å². The van der Waals surface area contributed by atoms with E-state index < -0.39 is 20.0 Å². The largest absolute Gasteiger partial charge is 0.497 e. The first-order chi connectivity index (χ1) is 22.0. The van der Waals surface area contributed by atoms with Gasteiger partial charge >= 0.3 is 0 Å². The molecule has 2 fully saturated rings. The number of carbonyl (C=O) groups excluding carboxylic acids is 2. The maximum atomic E-state index is 14.8. The molecule has 0 radical (unpaired) electrons. The van der Waals surface area contributed by atoms with Gasteiger partial charge in [0, 0.05) is 48.5 Å². The van der Waals surface area contributed by atoms with Crippen molar-refractivity contribution < 1.29 is 29.0 Å². The zero-order chi connectivity index (χ0) is 32.6. The zero-order valence-electron chi connectivity index (χ0n) is 26.9. The summed E-state index contributed by atoms with van der Waals surface area (Å²) in [7, 11) is -1.25. The molecule has 0 bridgehead atoms. The molecule has 3 aliphatic rings. The van der Waals surface area contributed by atoms with Crippen LogP contribution in [0.3, 0.4) is 0 Å². The average Bonchev–Trinajstić information content (AvgIpc) is 3.81. The first-order valence-electron chi connectivity index (χ1n) is 16.1. The maximum Gasteiger partial charge on any atom is 0.264 e. The molecule has 2 amide bonds. The molecule has 13 heteroatoms. The summed E-state index contributed by atoms with van der Waals surface area (Å²) >= 11 is 0. The van der Waals surface area contributed by atoms with Crippen LogP contribution in [-0.2, 0) is 39.4 Å². The normalized spacial score (nSPS) is 25.8. The van der Waals surface area contributed by atoms with E-state index in [9.17, 15) is 19.5 Å². The number of nitrogens with zero attached hydrogens (tertiary/aromatic N) is 4. The van der Waals surface area contributed by atoms with Crippen molar-refractivity contribution in [2.24, 2.45) is 5.92 Å². The quantitative estimate of drug-likeness (QED) is 0.230. The van der Waals surface area contributed by atoms with E-state index in [1.165, 1.54) is 0 Å². The number of aromatic nitrogens is 3. The highest BCUT2D eigenvalue weighted by molar-refractivity contribution is 6.71. The lowest BCUT2D eigenvalue weighted by atomic mass is 9.82. The highest BCUT2D eigenvalue weighted by Gasteiger charge is 2.66. The Hall–Kier alpha value is -3.62. The van der Waals surface area contributed by atoms with Crippen LogP contribution in [0.2, 0.25) is 18.6 Å². The molecule has 0 saturated carbocycles. The number of hydrogen-bond acceptors (Lipinski definition) is 9. The van der Waals surface area contributed by atoms with E-state index in [1.54, 1.807) is 16.7 Å². The number of fused-ring (bicyclic) bond motifs is 2. The van der Waals surface area contributed by atoms with Crippen molar-refractivity contribution in [1.82, 2.24) is 20.3 Å². The Morgan fingerprint density at radius 2 is 2.09 bits per heavy atom. The van der Waals surface area contributed by atoms with Gasteiger partial charge in [-0.05, 0) is 74.8 Å². The predicted octanol–water partition coefficient (Wildman–Crippen LogP) is 2.95. The number of rotatable bonds is 11. The number of amides is 2. The monoisotopic (exact) mass is 648 g/mol. The lowest BCUT2D eigenvalue weighted by Gasteiger charge is -2.32. The summed E-state index contributed by atoms with van der Waals surface area (Å²) in [5.74, 6) is 0.0653. The molecule has 0 unspecified atom stereocenters. The molecular weight excluding hydrogens is 604 g/mol. The smallest absolute Gasteiger partial charge is 0.264 e. The third-order valence-electron chi connectivity index (χ3n) is 9.70. The lowest BCUT2D eigenvalue weighted by molar-refractivity contribution is -0.146. The molecule has 4 N–H and O–H groups in total. The fraction of sp³-hybridized carbons (Fsp3) is 0.515. The van der Waals surface area contributed by atoms with Gasteiger partial charge < -0.3 is 34.9 Å². The second-order valence-corrected chi connectivity index (χ2v) is 17.2. The molecule has 3 aliphatic heterocycles. The fourth-order valence-corrected chi connectivity index (χ4v) is 10.2. The number of hydrogen-bond donors (Lipinski definition) is 4. The summed E-state index contributed by atoms with van der Waals surface area (Å²) in [5, 5.41) is 23.8. The Balaban J connectivity index is 1.30. The summed E-state index contributed by atoms with van der Waals surface area (Å²) < 4.78 is 14.3. The predicted molar refractivity (Wildman–Crippen MR) is 175 cm³/mol. The molecule has 2 saturated heterocycles. The Morgan fingerprint density at radius 1 is 1.26 bits per heavy atom. The standard InChI is InChI=1S/C33H44N6O6Si/c1-21-30(46(3,4)43)29(12-15-38-20-24(13-16-40)36-37-38)45-33(21)26-18-25(44-2)10-11-28(26)39(32(33)42)19-22-7-5-8-23(17-22)35-31(41)27-9-6-14-34-27/h5,7-8,10-11,17-18,20-21,27,29-30,34,40,43H,6,9,12-16,19H2,1-4H3,(H,35,41)/t21-,27-,29+,30-,33+/m1/s1. The Bertz CT molecular complexity index is 1590. The number of methoxy groups -OCH3 is 1. The highest BCUT2D eigenvalue weighted by atomic mass is 28.4. The van der Waals surface area contributed by atoms with Crippen LogP contribution in [0.4, 0.5) is 11.4 Å². The van der Waals surface area contributed by atoms with Crippen molar-refractivity contribution in [2.75, 3.05) is 30.5 Å².